The molecule has 0 fully saturated rings. The van der Waals surface area contributed by atoms with E-state index in [2.05, 4.69) is 14.9 Å². The second-order valence-electron chi connectivity index (χ2n) is 9.47. The molecule has 0 saturated heterocycles. The maximum atomic E-state index is 14.5. The van der Waals surface area contributed by atoms with Crippen LogP contribution >= 0.6 is 0 Å². The Morgan fingerprint density at radius 1 is 0.952 bits per heavy atom. The van der Waals surface area contributed by atoms with Gasteiger partial charge in [0.25, 0.3) is 6.43 Å². The first-order valence-electron chi connectivity index (χ1n) is 12.7. The number of pyridine rings is 1. The normalized spacial score (nSPS) is 15.1. The Hall–Kier alpha value is -4.53. The number of halogens is 6. The van der Waals surface area contributed by atoms with Gasteiger partial charge in [-0.1, -0.05) is 30.3 Å². The summed E-state index contributed by atoms with van der Waals surface area (Å²) in [5, 5.41) is 7.95. The molecule has 3 aliphatic rings. The Kier molecular flexibility index (Phi) is 7.26. The zero-order valence-corrected chi connectivity index (χ0v) is 21.8. The monoisotopic (exact) mass is 592 g/mol. The second-order valence-corrected chi connectivity index (χ2v) is 9.47. The van der Waals surface area contributed by atoms with Crippen LogP contribution in [0, 0.1) is 0 Å². The third-order valence-electron chi connectivity index (χ3n) is 6.68. The van der Waals surface area contributed by atoms with Crippen molar-refractivity contribution in [2.45, 2.75) is 38.8 Å². The molecule has 0 saturated carbocycles. The van der Waals surface area contributed by atoms with Crippen LogP contribution < -0.4 is 9.47 Å². The first kappa shape index (κ1) is 27.6. The van der Waals surface area contributed by atoms with Crippen molar-refractivity contribution in [1.29, 1.82) is 0 Å². The van der Waals surface area contributed by atoms with E-state index in [1.807, 2.05) is 30.3 Å². The van der Waals surface area contributed by atoms with Gasteiger partial charge in [-0.25, -0.2) is 18.4 Å². The van der Waals surface area contributed by atoms with Crippen molar-refractivity contribution in [1.82, 2.24) is 29.1 Å². The fourth-order valence-electron chi connectivity index (χ4n) is 5.08. The molecule has 1 atom stereocenters. The number of hydrogen-bond donors (Lipinski definition) is 0. The molecule has 1 aromatic carbocycles. The summed E-state index contributed by atoms with van der Waals surface area (Å²) in [6, 6.07) is 12.8. The summed E-state index contributed by atoms with van der Waals surface area (Å²) in [5.74, 6) is -0.223. The Morgan fingerprint density at radius 3 is 2.45 bits per heavy atom. The number of aromatic nitrogens is 6. The van der Waals surface area contributed by atoms with E-state index in [1.165, 1.54) is 17.9 Å². The average molecular weight is 593 g/mol. The molecule has 3 aliphatic heterocycles. The summed E-state index contributed by atoms with van der Waals surface area (Å²) in [5.41, 5.74) is 0.645. The van der Waals surface area contributed by atoms with Gasteiger partial charge in [0.05, 0.1) is 23.4 Å². The summed E-state index contributed by atoms with van der Waals surface area (Å²) in [6.45, 7) is -6.59. The molecule has 5 heterocycles. The minimum atomic E-state index is -3.21. The fraction of sp³-hybridized carbons (Fsp3) is 0.296. The SMILES string of the molecule is Cn1cc(-c2c3cccn(Cc4ccccc4)c-3nc2-c2c(C(F)F)nn3c2OC[C@@H](OC(F)F)C3)c(OC(F)F)n1. The molecule has 0 radical (unpaired) electrons. The van der Waals surface area contributed by atoms with Gasteiger partial charge in [-0.05, 0) is 17.7 Å². The van der Waals surface area contributed by atoms with Crippen molar-refractivity contribution in [3.63, 3.8) is 0 Å². The van der Waals surface area contributed by atoms with Gasteiger partial charge >= 0.3 is 13.2 Å². The number of hydrogen-bond acceptors (Lipinski definition) is 6. The second kappa shape index (κ2) is 11.0. The van der Waals surface area contributed by atoms with Crippen LogP contribution in [0.15, 0.2) is 54.9 Å². The van der Waals surface area contributed by atoms with Gasteiger partial charge in [0.15, 0.2) is 0 Å². The Balaban J connectivity index is 1.59. The highest BCUT2D eigenvalue weighted by Gasteiger charge is 2.37. The molecule has 9 nitrogen and oxygen atoms in total. The summed E-state index contributed by atoms with van der Waals surface area (Å²) in [6.07, 6.45) is -1.09. The Labute approximate surface area is 234 Å². The molecule has 0 spiro atoms. The summed E-state index contributed by atoms with van der Waals surface area (Å²) in [4.78, 5) is 4.74. The number of aryl methyl sites for hydroxylation is 1. The van der Waals surface area contributed by atoms with E-state index in [9.17, 15) is 26.3 Å². The van der Waals surface area contributed by atoms with Crippen LogP contribution in [0.3, 0.4) is 0 Å². The topological polar surface area (TPSA) is 81.2 Å². The molecule has 6 rings (SSSR count). The molecule has 220 valence electrons. The maximum absolute atomic E-state index is 14.5. The molecule has 0 unspecified atom stereocenters. The first-order valence-corrected chi connectivity index (χ1v) is 12.7. The fourth-order valence-corrected chi connectivity index (χ4v) is 5.08. The first-order chi connectivity index (χ1) is 20.2. The van der Waals surface area contributed by atoms with Crippen molar-refractivity contribution in [3.8, 4) is 45.5 Å². The molecular weight excluding hydrogens is 570 g/mol. The maximum Gasteiger partial charge on any atom is 0.388 e. The Morgan fingerprint density at radius 2 is 1.74 bits per heavy atom. The summed E-state index contributed by atoms with van der Waals surface area (Å²) < 4.78 is 100. The Bertz CT molecular complexity index is 1670. The van der Waals surface area contributed by atoms with E-state index in [0.717, 1.165) is 10.2 Å². The van der Waals surface area contributed by atoms with Gasteiger partial charge < -0.3 is 18.8 Å². The largest absolute Gasteiger partial charge is 0.474 e. The average Bonchev–Trinajstić information content (AvgIpc) is 3.61. The van der Waals surface area contributed by atoms with Gasteiger partial charge in [-0.3, -0.25) is 4.68 Å². The van der Waals surface area contributed by atoms with Gasteiger partial charge in [0.2, 0.25) is 11.8 Å². The van der Waals surface area contributed by atoms with Crippen LogP contribution in [-0.2, 0) is 24.9 Å². The number of benzene rings is 1. The molecule has 2 aromatic heterocycles. The number of ether oxygens (including phenoxy) is 3. The zero-order chi connectivity index (χ0) is 29.5. The van der Waals surface area contributed by atoms with E-state index in [1.54, 1.807) is 22.9 Å². The predicted octanol–water partition coefficient (Wildman–Crippen LogP) is 5.84. The third kappa shape index (κ3) is 5.15. The third-order valence-corrected chi connectivity index (χ3v) is 6.68. The number of fused-ring (bicyclic) bond motifs is 2. The van der Waals surface area contributed by atoms with Crippen molar-refractivity contribution < 1.29 is 40.6 Å². The molecule has 0 amide bonds. The van der Waals surface area contributed by atoms with Crippen LogP contribution in [0.1, 0.15) is 17.7 Å². The highest BCUT2D eigenvalue weighted by Crippen LogP contribution is 2.50. The number of nitrogens with zero attached hydrogens (tertiary/aromatic N) is 6. The van der Waals surface area contributed by atoms with Crippen LogP contribution in [-0.4, -0.2) is 55.0 Å². The lowest BCUT2D eigenvalue weighted by molar-refractivity contribution is -0.178. The smallest absolute Gasteiger partial charge is 0.388 e. The molecule has 42 heavy (non-hydrogen) atoms. The van der Waals surface area contributed by atoms with E-state index in [0.29, 0.717) is 17.9 Å². The van der Waals surface area contributed by atoms with Gasteiger partial charge in [0, 0.05) is 37.1 Å². The van der Waals surface area contributed by atoms with Crippen LogP contribution in [0.4, 0.5) is 26.3 Å². The molecule has 3 aromatic rings. The van der Waals surface area contributed by atoms with Crippen LogP contribution in [0.2, 0.25) is 0 Å². The molecule has 0 aliphatic carbocycles. The standard InChI is InChI=1S/C27H22F6N6O3/c1-37-12-17(24(36-37)42-27(32)33)18-16-8-5-9-38(10-14-6-3-2-4-7-14)23(16)34-20(18)19-21(22(28)29)35-39-11-15(41-26(30)31)13-40-25(19)39/h2-9,12,15,22,26-27H,10-11,13H2,1H3/t15-/m0/s1. The lowest BCUT2D eigenvalue weighted by Crippen LogP contribution is -2.34. The van der Waals surface area contributed by atoms with E-state index < -0.39 is 37.3 Å². The summed E-state index contributed by atoms with van der Waals surface area (Å²) in [7, 11) is 1.49. The lowest BCUT2D eigenvalue weighted by Gasteiger charge is -2.24. The van der Waals surface area contributed by atoms with Gasteiger partial charge in [0.1, 0.15) is 24.2 Å². The minimum Gasteiger partial charge on any atom is -0.474 e. The van der Waals surface area contributed by atoms with E-state index in [4.69, 9.17) is 14.5 Å². The molecular formula is C27H22F6N6O3. The highest BCUT2D eigenvalue weighted by atomic mass is 19.3. The van der Waals surface area contributed by atoms with E-state index >= 15 is 0 Å². The van der Waals surface area contributed by atoms with Crippen molar-refractivity contribution in [3.05, 3.63) is 66.1 Å². The lowest BCUT2D eigenvalue weighted by atomic mass is 9.98. The quantitative estimate of drug-likeness (QED) is 0.200. The number of alkyl halides is 6. The van der Waals surface area contributed by atoms with Gasteiger partial charge in [-0.15, -0.1) is 5.10 Å². The zero-order valence-electron chi connectivity index (χ0n) is 21.8. The van der Waals surface area contributed by atoms with Crippen LogP contribution in [0.5, 0.6) is 11.8 Å². The molecule has 0 N–H and O–H groups in total. The summed E-state index contributed by atoms with van der Waals surface area (Å²) >= 11 is 0. The molecule has 15 heteroatoms. The minimum absolute atomic E-state index is 0.0464. The van der Waals surface area contributed by atoms with Crippen molar-refractivity contribution >= 4 is 0 Å². The van der Waals surface area contributed by atoms with Crippen molar-refractivity contribution in [2.75, 3.05) is 6.61 Å². The van der Waals surface area contributed by atoms with Crippen LogP contribution in [0.25, 0.3) is 33.8 Å². The molecule has 0 bridgehead atoms. The van der Waals surface area contributed by atoms with Gasteiger partial charge in [-0.2, -0.15) is 22.7 Å². The van der Waals surface area contributed by atoms with E-state index in [-0.39, 0.29) is 41.4 Å². The predicted molar refractivity (Wildman–Crippen MR) is 136 cm³/mol. The number of rotatable bonds is 9. The highest BCUT2D eigenvalue weighted by molar-refractivity contribution is 5.97. The van der Waals surface area contributed by atoms with Crippen molar-refractivity contribution in [2.24, 2.45) is 7.05 Å².